The highest BCUT2D eigenvalue weighted by molar-refractivity contribution is 6.48. The molecule has 2 aliphatic carbocycles. The molecule has 0 radical (unpaired) electrons. The molecule has 4 aromatic rings. The Hall–Kier alpha value is -4.39. The maximum absolute atomic E-state index is 13.1. The second-order valence-corrected chi connectivity index (χ2v) is 10.3. The molecule has 1 N–H and O–H groups in total. The fraction of sp³-hybridized carbons (Fsp3) is 0.258. The minimum absolute atomic E-state index is 0.213. The Labute approximate surface area is 221 Å². The van der Waals surface area contributed by atoms with Gasteiger partial charge in [-0.05, 0) is 66.7 Å². The first kappa shape index (κ1) is 22.8. The molecule has 2 atom stereocenters. The predicted octanol–water partition coefficient (Wildman–Crippen LogP) is 5.81. The Balaban J connectivity index is 1.06. The third-order valence-electron chi connectivity index (χ3n) is 7.65. The van der Waals surface area contributed by atoms with Gasteiger partial charge in [0.2, 0.25) is 0 Å². The number of carbonyl (C=O) groups excluding carboxylic acids is 1. The first-order valence-corrected chi connectivity index (χ1v) is 13.3. The van der Waals surface area contributed by atoms with Crippen LogP contribution in [0, 0.1) is 0 Å². The molecule has 7 rings (SSSR count). The van der Waals surface area contributed by atoms with E-state index in [1.165, 1.54) is 24.1 Å². The van der Waals surface area contributed by atoms with E-state index in [0.29, 0.717) is 35.8 Å². The number of nitrogens with zero attached hydrogens (tertiary/aromatic N) is 5. The zero-order valence-corrected chi connectivity index (χ0v) is 21.0. The van der Waals surface area contributed by atoms with Gasteiger partial charge in [-0.3, -0.25) is 14.8 Å². The van der Waals surface area contributed by atoms with Crippen LogP contribution in [0.5, 0.6) is 0 Å². The van der Waals surface area contributed by atoms with E-state index >= 15 is 0 Å². The number of aliphatic imine (C=N–C) groups is 1. The standard InChI is InChI=1S/C31H28N6O/c38-31(28-16-22(13-14-32-28)24-11-12-27(33-18-24)21-9-10-21)35-25-8-4-7-23(15-25)30-36-34-19-37(30)29-17-26(29)20-5-2-1-3-6-20/h1-8,11-12,15-16,18-19,21,26,29H,9-10,13-14,17H2,(H,35,38). The molecule has 2 aromatic carbocycles. The molecule has 38 heavy (non-hydrogen) atoms. The molecular formula is C31H28N6O. The van der Waals surface area contributed by atoms with Crippen LogP contribution in [0.1, 0.15) is 60.4 Å². The number of hydrogen-bond donors (Lipinski definition) is 1. The van der Waals surface area contributed by atoms with Gasteiger partial charge in [-0.2, -0.15) is 0 Å². The molecule has 2 saturated carbocycles. The average molecular weight is 501 g/mol. The van der Waals surface area contributed by atoms with Crippen molar-refractivity contribution in [1.29, 1.82) is 0 Å². The summed E-state index contributed by atoms with van der Waals surface area (Å²) in [6, 6.07) is 22.9. The molecule has 2 aromatic heterocycles. The normalized spacial score (nSPS) is 20.4. The molecular weight excluding hydrogens is 472 g/mol. The zero-order chi connectivity index (χ0) is 25.5. The number of hydrogen-bond acceptors (Lipinski definition) is 5. The van der Waals surface area contributed by atoms with Gasteiger partial charge in [0.05, 0.1) is 0 Å². The average Bonchev–Trinajstić information content (AvgIpc) is 3.91. The fourth-order valence-corrected chi connectivity index (χ4v) is 5.33. The summed E-state index contributed by atoms with van der Waals surface area (Å²) in [4.78, 5) is 22.3. The van der Waals surface area contributed by atoms with Crippen molar-refractivity contribution >= 4 is 22.9 Å². The minimum atomic E-state index is -0.213. The third-order valence-corrected chi connectivity index (χ3v) is 7.65. The smallest absolute Gasteiger partial charge is 0.273 e. The summed E-state index contributed by atoms with van der Waals surface area (Å²) in [5.41, 5.74) is 6.73. The van der Waals surface area contributed by atoms with E-state index in [1.807, 2.05) is 48.9 Å². The minimum Gasteiger partial charge on any atom is -0.321 e. The van der Waals surface area contributed by atoms with Gasteiger partial charge in [0.25, 0.3) is 5.91 Å². The third kappa shape index (κ3) is 4.56. The molecule has 7 nitrogen and oxygen atoms in total. The number of nitrogens with one attached hydrogen (secondary N) is 1. The molecule has 0 spiro atoms. The predicted molar refractivity (Wildman–Crippen MR) is 148 cm³/mol. The molecule has 188 valence electrons. The highest BCUT2D eigenvalue weighted by Gasteiger charge is 2.41. The monoisotopic (exact) mass is 500 g/mol. The lowest BCUT2D eigenvalue weighted by Gasteiger charge is -2.14. The topological polar surface area (TPSA) is 85.1 Å². The molecule has 1 aliphatic heterocycles. The summed E-state index contributed by atoms with van der Waals surface area (Å²) >= 11 is 0. The zero-order valence-electron chi connectivity index (χ0n) is 21.0. The Kier molecular flexibility index (Phi) is 5.69. The van der Waals surface area contributed by atoms with Crippen molar-refractivity contribution in [3.63, 3.8) is 0 Å². The largest absolute Gasteiger partial charge is 0.321 e. The number of pyridine rings is 1. The summed E-state index contributed by atoms with van der Waals surface area (Å²) < 4.78 is 2.15. The van der Waals surface area contributed by atoms with E-state index in [2.05, 4.69) is 66.5 Å². The van der Waals surface area contributed by atoms with E-state index in [-0.39, 0.29) is 5.91 Å². The van der Waals surface area contributed by atoms with Crippen LogP contribution in [-0.2, 0) is 4.79 Å². The van der Waals surface area contributed by atoms with E-state index in [0.717, 1.165) is 35.4 Å². The van der Waals surface area contributed by atoms with Gasteiger partial charge >= 0.3 is 0 Å². The van der Waals surface area contributed by atoms with Gasteiger partial charge in [-0.25, -0.2) is 0 Å². The van der Waals surface area contributed by atoms with Crippen LogP contribution in [0.2, 0.25) is 0 Å². The van der Waals surface area contributed by atoms with Gasteiger partial charge in [0.15, 0.2) is 5.82 Å². The lowest BCUT2D eigenvalue weighted by molar-refractivity contribution is -0.110. The van der Waals surface area contributed by atoms with Crippen molar-refractivity contribution in [2.75, 3.05) is 11.9 Å². The van der Waals surface area contributed by atoms with Crippen LogP contribution in [0.25, 0.3) is 17.0 Å². The molecule has 1 amide bonds. The summed E-state index contributed by atoms with van der Waals surface area (Å²) in [5.74, 6) is 1.70. The first-order chi connectivity index (χ1) is 18.7. The molecule has 3 aliphatic rings. The van der Waals surface area contributed by atoms with Crippen LogP contribution in [0.15, 0.2) is 90.3 Å². The number of amides is 1. The summed E-state index contributed by atoms with van der Waals surface area (Å²) in [6.45, 7) is 0.589. The number of dihydropyridines is 1. The lowest BCUT2D eigenvalue weighted by atomic mass is 10.00. The highest BCUT2D eigenvalue weighted by atomic mass is 16.1. The number of rotatable bonds is 7. The number of aromatic nitrogens is 4. The van der Waals surface area contributed by atoms with Crippen LogP contribution < -0.4 is 5.32 Å². The van der Waals surface area contributed by atoms with Gasteiger partial charge in [-0.15, -0.1) is 10.2 Å². The maximum atomic E-state index is 13.1. The van der Waals surface area contributed by atoms with Crippen LogP contribution >= 0.6 is 0 Å². The molecule has 2 fully saturated rings. The van der Waals surface area contributed by atoms with E-state index in [9.17, 15) is 4.79 Å². The summed E-state index contributed by atoms with van der Waals surface area (Å²) in [7, 11) is 0. The van der Waals surface area contributed by atoms with Gasteiger partial charge in [0.1, 0.15) is 12.0 Å². The SMILES string of the molecule is O=C(Nc1cccc(-c2nncn2C2CC2c2ccccc2)c1)C1=NCCC(c2ccc(C3CC3)nc2)=C1. The van der Waals surface area contributed by atoms with Crippen molar-refractivity contribution in [2.24, 2.45) is 4.99 Å². The van der Waals surface area contributed by atoms with Crippen LogP contribution in [0.3, 0.4) is 0 Å². The molecule has 7 heteroatoms. The highest BCUT2D eigenvalue weighted by Crippen LogP contribution is 2.52. The Bertz CT molecular complexity index is 1550. The van der Waals surface area contributed by atoms with Gasteiger partial charge in [0, 0.05) is 47.6 Å². The molecule has 0 bridgehead atoms. The van der Waals surface area contributed by atoms with Crippen LogP contribution in [-0.4, -0.2) is 37.9 Å². The summed E-state index contributed by atoms with van der Waals surface area (Å²) in [5, 5.41) is 11.6. The summed E-state index contributed by atoms with van der Waals surface area (Å²) in [6.07, 6.45) is 9.98. The van der Waals surface area contributed by atoms with E-state index < -0.39 is 0 Å². The molecule has 2 unspecified atom stereocenters. The van der Waals surface area contributed by atoms with Crippen LogP contribution in [0.4, 0.5) is 5.69 Å². The van der Waals surface area contributed by atoms with Gasteiger partial charge in [-0.1, -0.05) is 48.5 Å². The number of benzene rings is 2. The first-order valence-electron chi connectivity index (χ1n) is 13.3. The Morgan fingerprint density at radius 2 is 1.87 bits per heavy atom. The van der Waals surface area contributed by atoms with Crippen molar-refractivity contribution in [3.05, 3.63) is 102 Å². The van der Waals surface area contributed by atoms with Crippen molar-refractivity contribution in [3.8, 4) is 11.4 Å². The Morgan fingerprint density at radius 1 is 0.974 bits per heavy atom. The van der Waals surface area contributed by atoms with E-state index in [1.54, 1.807) is 0 Å². The van der Waals surface area contributed by atoms with E-state index in [4.69, 9.17) is 0 Å². The second-order valence-electron chi connectivity index (χ2n) is 10.3. The lowest BCUT2D eigenvalue weighted by Crippen LogP contribution is -2.23. The van der Waals surface area contributed by atoms with Gasteiger partial charge < -0.3 is 9.88 Å². The van der Waals surface area contributed by atoms with Crippen molar-refractivity contribution in [2.45, 2.75) is 43.6 Å². The number of anilines is 1. The molecule has 3 heterocycles. The Morgan fingerprint density at radius 3 is 2.68 bits per heavy atom. The number of carbonyl (C=O) groups is 1. The van der Waals surface area contributed by atoms with Crippen molar-refractivity contribution < 1.29 is 4.79 Å². The molecule has 0 saturated heterocycles. The quantitative estimate of drug-likeness (QED) is 0.347. The fourth-order valence-electron chi connectivity index (χ4n) is 5.33. The second kappa shape index (κ2) is 9.49. The maximum Gasteiger partial charge on any atom is 0.273 e. The van der Waals surface area contributed by atoms with Crippen molar-refractivity contribution in [1.82, 2.24) is 19.7 Å².